The van der Waals surface area contributed by atoms with Crippen molar-refractivity contribution in [3.05, 3.63) is 0 Å². The summed E-state index contributed by atoms with van der Waals surface area (Å²) < 4.78 is 0. The number of thioether (sulfide) groups is 1. The molecule has 0 radical (unpaired) electrons. The molecule has 5 heteroatoms. The molecule has 0 aliphatic carbocycles. The molecule has 0 aromatic heterocycles. The molecule has 3 N–H and O–H groups in total. The lowest BCUT2D eigenvalue weighted by atomic mass is 9.83. The molecule has 0 spiro atoms. The zero-order valence-electron chi connectivity index (χ0n) is 6.69. The van der Waals surface area contributed by atoms with E-state index in [4.69, 9.17) is 5.11 Å². The first-order chi connectivity index (χ1) is 5.00. The van der Waals surface area contributed by atoms with E-state index in [0.29, 0.717) is 0 Å². The third-order valence-electron chi connectivity index (χ3n) is 2.33. The molecule has 1 heterocycles. The maximum Gasteiger partial charge on any atom is 0.122 e. The molecule has 0 aromatic rings. The average molecular weight is 176 g/mol. The minimum absolute atomic E-state index is 0.0188. The van der Waals surface area contributed by atoms with Crippen LogP contribution in [0.4, 0.5) is 0 Å². The van der Waals surface area contributed by atoms with Gasteiger partial charge in [-0.2, -0.15) is 11.8 Å². The van der Waals surface area contributed by atoms with E-state index in [1.807, 2.05) is 7.85 Å². The van der Waals surface area contributed by atoms with Gasteiger partial charge in [0.15, 0.2) is 0 Å². The van der Waals surface area contributed by atoms with Crippen molar-refractivity contribution in [2.75, 3.05) is 6.61 Å². The van der Waals surface area contributed by atoms with Crippen LogP contribution in [0.1, 0.15) is 6.92 Å². The molecule has 1 fully saturated rings. The average Bonchev–Trinajstić information content (AvgIpc) is 2.14. The van der Waals surface area contributed by atoms with Gasteiger partial charge in [0.1, 0.15) is 7.85 Å². The molecule has 0 bridgehead atoms. The first-order valence-electron chi connectivity index (χ1n) is 3.67. The van der Waals surface area contributed by atoms with Crippen molar-refractivity contribution in [1.82, 2.24) is 0 Å². The van der Waals surface area contributed by atoms with Crippen LogP contribution in [0.5, 0.6) is 0 Å². The van der Waals surface area contributed by atoms with Gasteiger partial charge in [0.05, 0.1) is 23.6 Å². The Hall–Kier alpha value is 0.295. The lowest BCUT2D eigenvalue weighted by Crippen LogP contribution is -2.45. The van der Waals surface area contributed by atoms with E-state index in [9.17, 15) is 10.2 Å². The zero-order valence-corrected chi connectivity index (χ0v) is 7.51. The van der Waals surface area contributed by atoms with Crippen LogP contribution in [-0.4, -0.2) is 51.9 Å². The van der Waals surface area contributed by atoms with Crippen LogP contribution >= 0.6 is 11.8 Å². The monoisotopic (exact) mass is 176 g/mol. The van der Waals surface area contributed by atoms with Gasteiger partial charge in [-0.15, -0.1) is 0 Å². The summed E-state index contributed by atoms with van der Waals surface area (Å²) in [6.45, 7) is 1.53. The fourth-order valence-corrected chi connectivity index (χ4v) is 2.68. The van der Waals surface area contributed by atoms with E-state index < -0.39 is 11.7 Å². The van der Waals surface area contributed by atoms with Crippen LogP contribution in [0.25, 0.3) is 0 Å². The number of rotatable bonds is 1. The maximum absolute atomic E-state index is 9.65. The van der Waals surface area contributed by atoms with E-state index in [-0.39, 0.29) is 17.0 Å². The van der Waals surface area contributed by atoms with Crippen molar-refractivity contribution < 1.29 is 15.3 Å². The van der Waals surface area contributed by atoms with Gasteiger partial charge >= 0.3 is 0 Å². The quantitative estimate of drug-likeness (QED) is 0.411. The van der Waals surface area contributed by atoms with Crippen molar-refractivity contribution in [3.63, 3.8) is 0 Å². The van der Waals surface area contributed by atoms with Gasteiger partial charge in [-0.05, 0) is 6.92 Å². The standard InChI is InChI=1S/C6H13BO3S/c1-6(10)4(9)3(2-8)11-5(6)7/h3-5,8-10H,2,7H2,1H3/t3-,4?,5-,6-/m1/s1. The fraction of sp³-hybridized carbons (Fsp3) is 1.00. The minimum Gasteiger partial charge on any atom is -0.395 e. The van der Waals surface area contributed by atoms with Gasteiger partial charge in [-0.25, -0.2) is 0 Å². The van der Waals surface area contributed by atoms with Crippen molar-refractivity contribution in [2.45, 2.75) is 29.0 Å². The van der Waals surface area contributed by atoms with Crippen LogP contribution in [-0.2, 0) is 0 Å². The largest absolute Gasteiger partial charge is 0.395 e. The second-order valence-corrected chi connectivity index (χ2v) is 4.75. The number of hydrogen-bond acceptors (Lipinski definition) is 4. The molecule has 1 aliphatic heterocycles. The lowest BCUT2D eigenvalue weighted by molar-refractivity contribution is -0.0465. The second kappa shape index (κ2) is 2.97. The highest BCUT2D eigenvalue weighted by molar-refractivity contribution is 8.02. The van der Waals surface area contributed by atoms with Crippen molar-refractivity contribution in [3.8, 4) is 0 Å². The molecule has 4 atom stereocenters. The van der Waals surface area contributed by atoms with Gasteiger partial charge in [-0.1, -0.05) is 0 Å². The Labute approximate surface area is 71.2 Å². The summed E-state index contributed by atoms with van der Waals surface area (Å²) in [7, 11) is 1.85. The Morgan fingerprint density at radius 1 is 1.64 bits per heavy atom. The molecule has 1 aliphatic rings. The minimum atomic E-state index is -1.06. The van der Waals surface area contributed by atoms with Crippen LogP contribution in [0.3, 0.4) is 0 Å². The second-order valence-electron chi connectivity index (χ2n) is 3.17. The molecule has 0 amide bonds. The molecule has 1 unspecified atom stereocenters. The summed E-state index contributed by atoms with van der Waals surface area (Å²) in [4.78, 5) is 0. The molecule has 3 nitrogen and oxygen atoms in total. The van der Waals surface area contributed by atoms with Crippen LogP contribution < -0.4 is 0 Å². The molecular formula is C6H13BO3S. The van der Waals surface area contributed by atoms with Crippen molar-refractivity contribution in [1.29, 1.82) is 0 Å². The van der Waals surface area contributed by atoms with Gasteiger partial charge < -0.3 is 15.3 Å². The van der Waals surface area contributed by atoms with Crippen molar-refractivity contribution in [2.24, 2.45) is 0 Å². The van der Waals surface area contributed by atoms with Gasteiger partial charge in [0.2, 0.25) is 0 Å². The molecule has 1 rings (SSSR count). The molecule has 64 valence electrons. The van der Waals surface area contributed by atoms with E-state index in [2.05, 4.69) is 0 Å². The zero-order chi connectivity index (χ0) is 8.65. The van der Waals surface area contributed by atoms with E-state index in [0.717, 1.165) is 0 Å². The van der Waals surface area contributed by atoms with Crippen LogP contribution in [0.2, 0.25) is 0 Å². The van der Waals surface area contributed by atoms with E-state index in [1.165, 1.54) is 11.8 Å². The van der Waals surface area contributed by atoms with Gasteiger partial charge in [0, 0.05) is 5.15 Å². The predicted molar refractivity (Wildman–Crippen MR) is 47.4 cm³/mol. The van der Waals surface area contributed by atoms with E-state index in [1.54, 1.807) is 6.92 Å². The Balaban J connectivity index is 2.71. The smallest absolute Gasteiger partial charge is 0.122 e. The fourth-order valence-electron chi connectivity index (χ4n) is 1.23. The first kappa shape index (κ1) is 9.38. The Morgan fingerprint density at radius 2 is 2.18 bits per heavy atom. The highest BCUT2D eigenvalue weighted by Crippen LogP contribution is 2.39. The highest BCUT2D eigenvalue weighted by Gasteiger charge is 2.48. The molecule has 1 saturated heterocycles. The van der Waals surface area contributed by atoms with Crippen LogP contribution in [0, 0.1) is 0 Å². The van der Waals surface area contributed by atoms with Crippen LogP contribution in [0.15, 0.2) is 0 Å². The van der Waals surface area contributed by atoms with E-state index >= 15 is 0 Å². The Kier molecular flexibility index (Phi) is 2.54. The van der Waals surface area contributed by atoms with Gasteiger partial charge in [-0.3, -0.25) is 0 Å². The Morgan fingerprint density at radius 3 is 2.36 bits per heavy atom. The SMILES string of the molecule is B[C@@H]1S[C@H](CO)C(O)[C@@]1(C)O. The van der Waals surface area contributed by atoms with Gasteiger partial charge in [0.25, 0.3) is 0 Å². The molecule has 0 saturated carbocycles. The molecule has 0 aromatic carbocycles. The summed E-state index contributed by atoms with van der Waals surface area (Å²) in [5, 5.41) is 27.6. The summed E-state index contributed by atoms with van der Waals surface area (Å²) in [6, 6.07) is 0. The third-order valence-corrected chi connectivity index (χ3v) is 3.97. The summed E-state index contributed by atoms with van der Waals surface area (Å²) >= 11 is 1.43. The lowest BCUT2D eigenvalue weighted by Gasteiger charge is -2.25. The molecular weight excluding hydrogens is 163 g/mol. The maximum atomic E-state index is 9.65. The molecule has 11 heavy (non-hydrogen) atoms. The first-order valence-corrected chi connectivity index (χ1v) is 4.61. The third kappa shape index (κ3) is 1.43. The number of hydrogen-bond donors (Lipinski definition) is 3. The number of aliphatic hydroxyl groups is 3. The summed E-state index contributed by atoms with van der Waals surface area (Å²) in [6.07, 6.45) is -0.813. The summed E-state index contributed by atoms with van der Waals surface area (Å²) in [5.41, 5.74) is -1.06. The number of aliphatic hydroxyl groups excluding tert-OH is 2. The summed E-state index contributed by atoms with van der Waals surface area (Å²) in [5.74, 6) is 0. The Bertz CT molecular complexity index is 153. The highest BCUT2D eigenvalue weighted by atomic mass is 32.2. The van der Waals surface area contributed by atoms with Crippen molar-refractivity contribution >= 4 is 19.6 Å². The normalized spacial score (nSPS) is 51.5. The topological polar surface area (TPSA) is 60.7 Å². The predicted octanol–water partition coefficient (Wildman–Crippen LogP) is -1.83.